The molecular weight excluding hydrogens is 316 g/mol. The second-order valence-corrected chi connectivity index (χ2v) is 10.4. The first kappa shape index (κ1) is 15.4. The molecule has 25 heavy (non-hydrogen) atoms. The zero-order valence-corrected chi connectivity index (χ0v) is 15.6. The Balaban J connectivity index is 1.32. The molecule has 6 fully saturated rings. The van der Waals surface area contributed by atoms with Crippen LogP contribution in [-0.4, -0.2) is 30.1 Å². The van der Waals surface area contributed by atoms with E-state index in [0.29, 0.717) is 23.5 Å². The highest BCUT2D eigenvalue weighted by atomic mass is 16.8. The molecule has 10 atom stereocenters. The van der Waals surface area contributed by atoms with Crippen LogP contribution in [0.5, 0.6) is 0 Å². The van der Waals surface area contributed by atoms with Gasteiger partial charge in [-0.1, -0.05) is 13.8 Å². The molecule has 0 radical (unpaired) electrons. The van der Waals surface area contributed by atoms with E-state index < -0.39 is 5.79 Å². The summed E-state index contributed by atoms with van der Waals surface area (Å²) in [5.41, 5.74) is 0.477. The summed E-state index contributed by atoms with van der Waals surface area (Å²) in [6, 6.07) is 0. The maximum Gasteiger partial charge on any atom is 0.305 e. The van der Waals surface area contributed by atoms with Gasteiger partial charge in [-0.05, 0) is 74.0 Å². The molecule has 0 aromatic carbocycles. The van der Waals surface area contributed by atoms with Crippen LogP contribution in [0.3, 0.4) is 0 Å². The summed E-state index contributed by atoms with van der Waals surface area (Å²) < 4.78 is 17.7. The fourth-order valence-electron chi connectivity index (χ4n) is 8.24. The molecular formula is C21H30O4. The van der Waals surface area contributed by atoms with Gasteiger partial charge in [0.25, 0.3) is 0 Å². The minimum absolute atomic E-state index is 0.0149. The van der Waals surface area contributed by atoms with Crippen LogP contribution in [0.4, 0.5) is 0 Å². The van der Waals surface area contributed by atoms with Crippen LogP contribution in [0.15, 0.2) is 0 Å². The van der Waals surface area contributed by atoms with E-state index in [4.69, 9.17) is 14.2 Å². The molecule has 2 saturated heterocycles. The van der Waals surface area contributed by atoms with Crippen LogP contribution >= 0.6 is 0 Å². The second kappa shape index (κ2) is 4.44. The van der Waals surface area contributed by atoms with E-state index in [1.165, 1.54) is 39.0 Å². The molecule has 2 aliphatic heterocycles. The minimum Gasteiger partial charge on any atom is -0.430 e. The lowest BCUT2D eigenvalue weighted by molar-refractivity contribution is -0.198. The van der Waals surface area contributed by atoms with Gasteiger partial charge < -0.3 is 14.2 Å². The normalized spacial score (nSPS) is 63.4. The Kier molecular flexibility index (Phi) is 2.74. The summed E-state index contributed by atoms with van der Waals surface area (Å²) in [4.78, 5) is 11.7. The van der Waals surface area contributed by atoms with Crippen molar-refractivity contribution in [1.29, 1.82) is 0 Å². The lowest BCUT2D eigenvalue weighted by atomic mass is 9.45. The summed E-state index contributed by atoms with van der Waals surface area (Å²) in [7, 11) is 0. The Morgan fingerprint density at radius 1 is 1.08 bits per heavy atom. The van der Waals surface area contributed by atoms with E-state index in [1.54, 1.807) is 0 Å². The fraction of sp³-hybridized carbons (Fsp3) is 0.952. The number of carbonyl (C=O) groups is 1. The number of epoxide rings is 2. The van der Waals surface area contributed by atoms with Crippen molar-refractivity contribution >= 4 is 5.97 Å². The number of hydrogen-bond acceptors (Lipinski definition) is 4. The molecule has 0 N–H and O–H groups in total. The quantitative estimate of drug-likeness (QED) is 0.537. The predicted octanol–water partition coefficient (Wildman–Crippen LogP) is 3.67. The number of rotatable bonds is 1. The highest BCUT2D eigenvalue weighted by Crippen LogP contribution is 2.74. The summed E-state index contributed by atoms with van der Waals surface area (Å²) in [5.74, 6) is 2.33. The first-order chi connectivity index (χ1) is 11.9. The maximum atomic E-state index is 11.7. The summed E-state index contributed by atoms with van der Waals surface area (Å²) in [6.45, 7) is 6.44. The van der Waals surface area contributed by atoms with Crippen LogP contribution in [0, 0.1) is 34.5 Å². The van der Waals surface area contributed by atoms with Crippen molar-refractivity contribution in [2.75, 3.05) is 0 Å². The average Bonchev–Trinajstić information content (AvgIpc) is 3.42. The standard InChI is InChI=1S/C21H30O4/c1-11(22)24-21-18(25-21)9-15-13-5-4-12-8-16-17(23-16)10-19(12,2)14(13)6-7-20(15,21)3/h12-18H,4-10H2,1-3H3/t12-,13-,14+,15+,16+,17-,18-,19+,20+,21-/m1/s1. The Morgan fingerprint density at radius 3 is 2.72 bits per heavy atom. The second-order valence-electron chi connectivity index (χ2n) is 10.4. The van der Waals surface area contributed by atoms with Crippen molar-refractivity contribution in [2.24, 2.45) is 34.5 Å². The third kappa shape index (κ3) is 1.74. The first-order valence-electron chi connectivity index (χ1n) is 10.4. The molecule has 4 nitrogen and oxygen atoms in total. The Bertz CT molecular complexity index is 648. The smallest absolute Gasteiger partial charge is 0.305 e. The molecule has 6 aliphatic rings. The Labute approximate surface area is 150 Å². The molecule has 0 unspecified atom stereocenters. The van der Waals surface area contributed by atoms with Gasteiger partial charge in [0.05, 0.1) is 12.2 Å². The lowest BCUT2D eigenvalue weighted by Gasteiger charge is -2.60. The predicted molar refractivity (Wildman–Crippen MR) is 90.5 cm³/mol. The molecule has 0 aromatic heterocycles. The van der Waals surface area contributed by atoms with Crippen molar-refractivity contribution in [3.8, 4) is 0 Å². The van der Waals surface area contributed by atoms with E-state index in [0.717, 1.165) is 30.6 Å². The topological polar surface area (TPSA) is 51.4 Å². The van der Waals surface area contributed by atoms with E-state index in [9.17, 15) is 4.79 Å². The fourth-order valence-corrected chi connectivity index (χ4v) is 8.24. The van der Waals surface area contributed by atoms with Crippen molar-refractivity contribution < 1.29 is 19.0 Å². The summed E-state index contributed by atoms with van der Waals surface area (Å²) >= 11 is 0. The van der Waals surface area contributed by atoms with E-state index >= 15 is 0 Å². The van der Waals surface area contributed by atoms with Gasteiger partial charge >= 0.3 is 5.97 Å². The third-order valence-corrected chi connectivity index (χ3v) is 9.54. The van der Waals surface area contributed by atoms with E-state index in [-0.39, 0.29) is 17.5 Å². The third-order valence-electron chi connectivity index (χ3n) is 9.54. The first-order valence-corrected chi connectivity index (χ1v) is 10.4. The van der Waals surface area contributed by atoms with Crippen LogP contribution in [0.2, 0.25) is 0 Å². The molecule has 138 valence electrons. The van der Waals surface area contributed by atoms with Crippen LogP contribution in [0.1, 0.15) is 65.7 Å². The van der Waals surface area contributed by atoms with Gasteiger partial charge in [-0.3, -0.25) is 4.79 Å². The number of carbonyl (C=O) groups excluding carboxylic acids is 1. The van der Waals surface area contributed by atoms with Crippen LogP contribution in [-0.2, 0) is 19.0 Å². The Hall–Kier alpha value is -0.610. The molecule has 6 rings (SSSR count). The molecule has 0 spiro atoms. The van der Waals surface area contributed by atoms with Gasteiger partial charge in [0, 0.05) is 12.3 Å². The molecule has 4 aliphatic carbocycles. The van der Waals surface area contributed by atoms with Crippen molar-refractivity contribution in [2.45, 2.75) is 89.8 Å². The van der Waals surface area contributed by atoms with Gasteiger partial charge in [0.2, 0.25) is 5.79 Å². The molecule has 0 aromatic rings. The summed E-state index contributed by atoms with van der Waals surface area (Å²) in [5, 5.41) is 0. The van der Waals surface area contributed by atoms with Gasteiger partial charge in [-0.25, -0.2) is 0 Å². The molecule has 0 amide bonds. The van der Waals surface area contributed by atoms with Gasteiger partial charge in [0.1, 0.15) is 6.10 Å². The molecule has 4 heteroatoms. The monoisotopic (exact) mass is 346 g/mol. The number of fused-ring (bicyclic) bond motifs is 8. The Morgan fingerprint density at radius 2 is 1.92 bits per heavy atom. The average molecular weight is 346 g/mol. The van der Waals surface area contributed by atoms with Gasteiger partial charge in [-0.2, -0.15) is 0 Å². The molecule has 0 bridgehead atoms. The molecule has 2 heterocycles. The highest BCUT2D eigenvalue weighted by Gasteiger charge is 2.80. The highest BCUT2D eigenvalue weighted by molar-refractivity contribution is 5.67. The SMILES string of the molecule is CC(=O)O[C@@]12O[C@@H]1C[C@H]1[C@@H]3CC[C@@H]4C[C@@H]5O[C@@H]5C[C@]4(C)[C@H]3CC[C@@]12C. The van der Waals surface area contributed by atoms with Crippen molar-refractivity contribution in [1.82, 2.24) is 0 Å². The van der Waals surface area contributed by atoms with Crippen molar-refractivity contribution in [3.05, 3.63) is 0 Å². The number of esters is 1. The van der Waals surface area contributed by atoms with Gasteiger partial charge in [0.15, 0.2) is 0 Å². The number of hydrogen-bond donors (Lipinski definition) is 0. The van der Waals surface area contributed by atoms with Crippen molar-refractivity contribution in [3.63, 3.8) is 0 Å². The van der Waals surface area contributed by atoms with Crippen LogP contribution in [0.25, 0.3) is 0 Å². The lowest BCUT2D eigenvalue weighted by Crippen LogP contribution is -2.56. The zero-order valence-electron chi connectivity index (χ0n) is 15.6. The summed E-state index contributed by atoms with van der Waals surface area (Å²) in [6.07, 6.45) is 10.1. The zero-order chi connectivity index (χ0) is 17.2. The maximum absolute atomic E-state index is 11.7. The molecule has 4 saturated carbocycles. The largest absolute Gasteiger partial charge is 0.430 e. The van der Waals surface area contributed by atoms with Gasteiger partial charge in [-0.15, -0.1) is 0 Å². The number of ether oxygens (including phenoxy) is 3. The van der Waals surface area contributed by atoms with E-state index in [1.807, 2.05) is 0 Å². The van der Waals surface area contributed by atoms with E-state index in [2.05, 4.69) is 13.8 Å². The minimum atomic E-state index is -0.594. The van der Waals surface area contributed by atoms with Crippen LogP contribution < -0.4 is 0 Å².